The number of sulfone groups is 1. The van der Waals surface area contributed by atoms with Gasteiger partial charge in [-0.1, -0.05) is 13.0 Å². The maximum Gasteiger partial charge on any atom is 0.185 e. The van der Waals surface area contributed by atoms with Gasteiger partial charge in [-0.3, -0.25) is 0 Å². The summed E-state index contributed by atoms with van der Waals surface area (Å²) in [4.78, 5) is 4.29. The van der Waals surface area contributed by atoms with Gasteiger partial charge in [-0.25, -0.2) is 18.1 Å². The van der Waals surface area contributed by atoms with E-state index in [2.05, 4.69) is 10.1 Å². The van der Waals surface area contributed by atoms with E-state index in [9.17, 15) is 8.42 Å². The smallest absolute Gasteiger partial charge is 0.185 e. The molecule has 1 aromatic heterocycles. The summed E-state index contributed by atoms with van der Waals surface area (Å²) in [5, 5.41) is 4.04. The second kappa shape index (κ2) is 5.62. The van der Waals surface area contributed by atoms with Gasteiger partial charge in [-0.15, -0.1) is 0 Å². The van der Waals surface area contributed by atoms with Crippen LogP contribution < -0.4 is 5.73 Å². The molecule has 0 aliphatic carbocycles. The lowest BCUT2D eigenvalue weighted by atomic mass is 10.2. The Morgan fingerprint density at radius 2 is 2.10 bits per heavy atom. The molecule has 0 aliphatic rings. The van der Waals surface area contributed by atoms with Crippen molar-refractivity contribution in [3.63, 3.8) is 0 Å². The Morgan fingerprint density at radius 1 is 1.35 bits per heavy atom. The number of nitrogens with two attached hydrogens (primary N) is 1. The van der Waals surface area contributed by atoms with Crippen LogP contribution in [0.2, 0.25) is 0 Å². The molecule has 2 rings (SSSR count). The predicted molar refractivity (Wildman–Crippen MR) is 76.8 cm³/mol. The van der Waals surface area contributed by atoms with Crippen molar-refractivity contribution in [3.8, 4) is 0 Å². The van der Waals surface area contributed by atoms with E-state index in [-0.39, 0.29) is 10.6 Å². The molecule has 2 aromatic rings. The molecular formula is C13H18N4O2S. The molecule has 0 spiro atoms. The summed E-state index contributed by atoms with van der Waals surface area (Å²) < 4.78 is 26.6. The summed E-state index contributed by atoms with van der Waals surface area (Å²) >= 11 is 0. The first-order chi connectivity index (χ1) is 9.44. The van der Waals surface area contributed by atoms with Gasteiger partial charge in [0, 0.05) is 12.2 Å². The van der Waals surface area contributed by atoms with E-state index in [0.29, 0.717) is 23.6 Å². The Kier molecular flexibility index (Phi) is 4.08. The number of nitrogen functional groups attached to an aromatic ring is 1. The molecule has 0 bridgehead atoms. The molecule has 1 aromatic carbocycles. The molecule has 1 heterocycles. The average Bonchev–Trinajstić information content (AvgIpc) is 2.79. The third kappa shape index (κ3) is 2.98. The zero-order valence-corrected chi connectivity index (χ0v) is 12.4. The third-order valence-electron chi connectivity index (χ3n) is 3.00. The molecule has 108 valence electrons. The number of rotatable bonds is 5. The quantitative estimate of drug-likeness (QED) is 0.845. The first-order valence-corrected chi connectivity index (χ1v) is 8.05. The Balaban J connectivity index is 2.36. The molecule has 0 atom stereocenters. The third-order valence-corrected chi connectivity index (χ3v) is 4.75. The van der Waals surface area contributed by atoms with Crippen LogP contribution in [-0.2, 0) is 22.1 Å². The van der Waals surface area contributed by atoms with Crippen molar-refractivity contribution in [3.05, 3.63) is 35.9 Å². The zero-order valence-electron chi connectivity index (χ0n) is 11.6. The number of hydrogen-bond acceptors (Lipinski definition) is 5. The highest BCUT2D eigenvalue weighted by Gasteiger charge is 2.21. The lowest BCUT2D eigenvalue weighted by Crippen LogP contribution is -2.13. The van der Waals surface area contributed by atoms with Crippen LogP contribution in [0.5, 0.6) is 0 Å². The Labute approximate surface area is 118 Å². The van der Waals surface area contributed by atoms with Crippen LogP contribution in [-0.4, -0.2) is 23.2 Å². The van der Waals surface area contributed by atoms with Crippen LogP contribution in [0.25, 0.3) is 0 Å². The summed E-state index contributed by atoms with van der Waals surface area (Å²) in [6, 6.07) is 4.89. The van der Waals surface area contributed by atoms with Crippen LogP contribution in [0.15, 0.2) is 29.4 Å². The minimum atomic E-state index is -3.48. The van der Waals surface area contributed by atoms with Crippen molar-refractivity contribution in [2.24, 2.45) is 0 Å². The summed E-state index contributed by atoms with van der Waals surface area (Å²) in [5.74, 6) is 0.283. The van der Waals surface area contributed by atoms with E-state index >= 15 is 0 Å². The Morgan fingerprint density at radius 3 is 2.80 bits per heavy atom. The largest absolute Gasteiger partial charge is 0.399 e. The van der Waals surface area contributed by atoms with Crippen LogP contribution in [0, 0.1) is 6.92 Å². The highest BCUT2D eigenvalue weighted by Crippen LogP contribution is 2.22. The van der Waals surface area contributed by atoms with E-state index in [4.69, 9.17) is 5.73 Å². The lowest BCUT2D eigenvalue weighted by Gasteiger charge is -2.09. The van der Waals surface area contributed by atoms with Gasteiger partial charge in [-0.2, -0.15) is 5.10 Å². The second-order valence-electron chi connectivity index (χ2n) is 4.68. The standard InChI is InChI=1S/C13H18N4O2S/c1-3-6-17-13(15-9-16-17)8-20(18,19)12-7-11(14)5-4-10(12)2/h4-5,7,9H,3,6,8,14H2,1-2H3. The number of aromatic nitrogens is 3. The summed E-state index contributed by atoms with van der Waals surface area (Å²) in [7, 11) is -3.48. The molecule has 0 radical (unpaired) electrons. The van der Waals surface area contributed by atoms with Gasteiger partial charge in [0.05, 0.1) is 4.90 Å². The van der Waals surface area contributed by atoms with E-state index in [1.165, 1.54) is 12.4 Å². The van der Waals surface area contributed by atoms with Gasteiger partial charge in [-0.05, 0) is 31.0 Å². The predicted octanol–water partition coefficient (Wildman–Crippen LogP) is 1.55. The summed E-state index contributed by atoms with van der Waals surface area (Å²) in [5.41, 5.74) is 6.79. The maximum absolute atomic E-state index is 12.5. The first-order valence-electron chi connectivity index (χ1n) is 6.39. The van der Waals surface area contributed by atoms with Crippen molar-refractivity contribution >= 4 is 15.5 Å². The first kappa shape index (κ1) is 14.5. The van der Waals surface area contributed by atoms with Gasteiger partial charge < -0.3 is 5.73 Å². The van der Waals surface area contributed by atoms with E-state index < -0.39 is 9.84 Å². The minimum absolute atomic E-state index is 0.169. The summed E-state index contributed by atoms with van der Waals surface area (Å²) in [6.07, 6.45) is 2.25. The van der Waals surface area contributed by atoms with E-state index in [1.807, 2.05) is 6.92 Å². The molecule has 0 aliphatic heterocycles. The molecule has 20 heavy (non-hydrogen) atoms. The number of anilines is 1. The topological polar surface area (TPSA) is 90.9 Å². The second-order valence-corrected chi connectivity index (χ2v) is 6.64. The highest BCUT2D eigenvalue weighted by molar-refractivity contribution is 7.90. The fourth-order valence-electron chi connectivity index (χ4n) is 2.00. The Bertz CT molecular complexity index is 707. The minimum Gasteiger partial charge on any atom is -0.399 e. The fourth-order valence-corrected chi connectivity index (χ4v) is 3.59. The normalized spacial score (nSPS) is 11.7. The van der Waals surface area contributed by atoms with Gasteiger partial charge in [0.2, 0.25) is 0 Å². The van der Waals surface area contributed by atoms with Gasteiger partial charge in [0.1, 0.15) is 17.9 Å². The molecule has 0 unspecified atom stereocenters. The fraction of sp³-hybridized carbons (Fsp3) is 0.385. The highest BCUT2D eigenvalue weighted by atomic mass is 32.2. The average molecular weight is 294 g/mol. The molecule has 0 fully saturated rings. The van der Waals surface area contributed by atoms with Crippen molar-refractivity contribution in [2.75, 3.05) is 5.73 Å². The number of hydrogen-bond donors (Lipinski definition) is 1. The van der Waals surface area contributed by atoms with E-state index in [0.717, 1.165) is 6.42 Å². The SMILES string of the molecule is CCCn1ncnc1CS(=O)(=O)c1cc(N)ccc1C. The van der Waals surface area contributed by atoms with Crippen LogP contribution in [0.3, 0.4) is 0 Å². The molecule has 6 nitrogen and oxygen atoms in total. The zero-order chi connectivity index (χ0) is 14.8. The molecule has 2 N–H and O–H groups in total. The number of nitrogens with zero attached hydrogens (tertiary/aromatic N) is 3. The monoisotopic (exact) mass is 294 g/mol. The molecule has 0 saturated carbocycles. The van der Waals surface area contributed by atoms with Crippen molar-refractivity contribution in [2.45, 2.75) is 37.5 Å². The van der Waals surface area contributed by atoms with Crippen LogP contribution in [0.1, 0.15) is 24.7 Å². The van der Waals surface area contributed by atoms with Gasteiger partial charge >= 0.3 is 0 Å². The maximum atomic E-state index is 12.5. The number of aryl methyl sites for hydroxylation is 2. The van der Waals surface area contributed by atoms with Crippen molar-refractivity contribution in [1.82, 2.24) is 14.8 Å². The van der Waals surface area contributed by atoms with Crippen molar-refractivity contribution < 1.29 is 8.42 Å². The molecule has 0 saturated heterocycles. The molecule has 7 heteroatoms. The van der Waals surface area contributed by atoms with Gasteiger partial charge in [0.25, 0.3) is 0 Å². The van der Waals surface area contributed by atoms with Crippen LogP contribution in [0.4, 0.5) is 5.69 Å². The van der Waals surface area contributed by atoms with Gasteiger partial charge in [0.15, 0.2) is 9.84 Å². The van der Waals surface area contributed by atoms with Crippen LogP contribution >= 0.6 is 0 Å². The molecular weight excluding hydrogens is 276 g/mol. The number of benzene rings is 1. The summed E-state index contributed by atoms with van der Waals surface area (Å²) in [6.45, 7) is 4.41. The molecule has 0 amide bonds. The Hall–Kier alpha value is -1.89. The van der Waals surface area contributed by atoms with E-state index in [1.54, 1.807) is 23.7 Å². The van der Waals surface area contributed by atoms with Crippen molar-refractivity contribution in [1.29, 1.82) is 0 Å². The lowest BCUT2D eigenvalue weighted by molar-refractivity contribution is 0.566.